The molecule has 0 saturated heterocycles. The van der Waals surface area contributed by atoms with Crippen molar-refractivity contribution in [1.29, 1.82) is 5.26 Å². The van der Waals surface area contributed by atoms with Gasteiger partial charge in [0.25, 0.3) is 17.5 Å². The largest absolute Gasteiger partial charge is 0.321 e. The molecule has 8 nitrogen and oxygen atoms in total. The van der Waals surface area contributed by atoms with E-state index in [9.17, 15) is 25.0 Å². The third-order valence-corrected chi connectivity index (χ3v) is 5.61. The van der Waals surface area contributed by atoms with Crippen molar-refractivity contribution in [2.75, 3.05) is 10.6 Å². The van der Waals surface area contributed by atoms with Gasteiger partial charge in [-0.15, -0.1) is 11.3 Å². The summed E-state index contributed by atoms with van der Waals surface area (Å²) in [7, 11) is 0. The van der Waals surface area contributed by atoms with Crippen LogP contribution in [0, 0.1) is 35.3 Å². The molecule has 1 heterocycles. The Hall–Kier alpha value is -4.03. The zero-order valence-corrected chi connectivity index (χ0v) is 16.9. The van der Waals surface area contributed by atoms with Crippen LogP contribution in [0.2, 0.25) is 0 Å². The number of nitrogens with one attached hydrogen (secondary N) is 2. The molecule has 9 heteroatoms. The highest BCUT2D eigenvalue weighted by atomic mass is 32.1. The van der Waals surface area contributed by atoms with Gasteiger partial charge in [-0.1, -0.05) is 24.3 Å². The molecule has 0 aliphatic carbocycles. The first-order chi connectivity index (χ1) is 14.3. The number of nitriles is 1. The highest BCUT2D eigenvalue weighted by Gasteiger charge is 2.22. The number of anilines is 2. The molecule has 2 aromatic carbocycles. The van der Waals surface area contributed by atoms with Gasteiger partial charge in [-0.25, -0.2) is 0 Å². The lowest BCUT2D eigenvalue weighted by molar-refractivity contribution is -0.384. The maximum Gasteiger partial charge on any atom is 0.270 e. The van der Waals surface area contributed by atoms with Gasteiger partial charge in [0.05, 0.1) is 15.4 Å². The fourth-order valence-corrected chi connectivity index (χ4v) is 3.83. The number of carbonyl (C=O) groups is 2. The number of benzene rings is 2. The Morgan fingerprint density at radius 1 is 1.07 bits per heavy atom. The maximum atomic E-state index is 12.7. The minimum absolute atomic E-state index is 0.0741. The quantitative estimate of drug-likeness (QED) is 0.459. The minimum atomic E-state index is -0.609. The van der Waals surface area contributed by atoms with E-state index in [0.29, 0.717) is 16.1 Å². The summed E-state index contributed by atoms with van der Waals surface area (Å²) in [5.74, 6) is -0.999. The SMILES string of the molecule is Cc1ccccc1NC(=O)c1sc(NC(=O)c2cccc([N+](=O)[O-])c2)c(C#N)c1C. The molecular formula is C21H16N4O4S. The van der Waals surface area contributed by atoms with Crippen LogP contribution in [0.25, 0.3) is 0 Å². The van der Waals surface area contributed by atoms with Crippen LogP contribution in [0.5, 0.6) is 0 Å². The predicted octanol–water partition coefficient (Wildman–Crippen LogP) is 4.65. The number of aryl methyl sites for hydroxylation is 1. The van der Waals surface area contributed by atoms with Gasteiger partial charge in [-0.05, 0) is 37.1 Å². The molecule has 30 heavy (non-hydrogen) atoms. The first-order valence-electron chi connectivity index (χ1n) is 8.78. The number of nitro groups is 1. The Labute approximate surface area is 175 Å². The number of hydrogen-bond donors (Lipinski definition) is 2. The summed E-state index contributed by atoms with van der Waals surface area (Å²) >= 11 is 0.977. The summed E-state index contributed by atoms with van der Waals surface area (Å²) in [5.41, 5.74) is 2.02. The molecule has 0 fully saturated rings. The van der Waals surface area contributed by atoms with Crippen molar-refractivity contribution in [3.63, 3.8) is 0 Å². The van der Waals surface area contributed by atoms with Crippen molar-refractivity contribution in [1.82, 2.24) is 0 Å². The molecule has 1 aromatic heterocycles. The van der Waals surface area contributed by atoms with Crippen LogP contribution in [0.4, 0.5) is 16.4 Å². The Morgan fingerprint density at radius 3 is 2.47 bits per heavy atom. The van der Waals surface area contributed by atoms with Crippen molar-refractivity contribution in [3.05, 3.63) is 85.8 Å². The molecule has 0 saturated carbocycles. The number of nitro benzene ring substituents is 1. The molecule has 0 aliphatic heterocycles. The van der Waals surface area contributed by atoms with E-state index in [2.05, 4.69) is 10.6 Å². The minimum Gasteiger partial charge on any atom is -0.321 e. The molecular weight excluding hydrogens is 404 g/mol. The Bertz CT molecular complexity index is 1210. The summed E-state index contributed by atoms with van der Waals surface area (Å²) in [5, 5.41) is 26.0. The Kier molecular flexibility index (Phi) is 5.90. The molecule has 3 rings (SSSR count). The van der Waals surface area contributed by atoms with Gasteiger partial charge < -0.3 is 10.6 Å². The van der Waals surface area contributed by atoms with Crippen LogP contribution >= 0.6 is 11.3 Å². The van der Waals surface area contributed by atoms with Gasteiger partial charge in [0.15, 0.2) is 0 Å². The van der Waals surface area contributed by atoms with Gasteiger partial charge >= 0.3 is 0 Å². The summed E-state index contributed by atoms with van der Waals surface area (Å²) in [6.07, 6.45) is 0. The first-order valence-corrected chi connectivity index (χ1v) is 9.59. The highest BCUT2D eigenvalue weighted by molar-refractivity contribution is 7.18. The van der Waals surface area contributed by atoms with Crippen molar-refractivity contribution >= 4 is 39.5 Å². The molecule has 0 spiro atoms. The Balaban J connectivity index is 1.88. The number of para-hydroxylation sites is 1. The number of hydrogen-bond acceptors (Lipinski definition) is 6. The van der Waals surface area contributed by atoms with Crippen LogP contribution in [-0.2, 0) is 0 Å². The molecule has 3 aromatic rings. The molecule has 0 aliphatic rings. The normalized spacial score (nSPS) is 10.2. The average molecular weight is 420 g/mol. The van der Waals surface area contributed by atoms with E-state index >= 15 is 0 Å². The van der Waals surface area contributed by atoms with Gasteiger partial charge in [0.2, 0.25) is 0 Å². The Morgan fingerprint density at radius 2 is 1.80 bits per heavy atom. The van der Waals surface area contributed by atoms with Gasteiger partial charge in [-0.3, -0.25) is 19.7 Å². The van der Waals surface area contributed by atoms with Crippen molar-refractivity contribution in [3.8, 4) is 6.07 Å². The molecule has 2 amide bonds. The van der Waals surface area contributed by atoms with Gasteiger partial charge in [0.1, 0.15) is 11.1 Å². The summed E-state index contributed by atoms with van der Waals surface area (Å²) in [6, 6.07) is 14.6. The highest BCUT2D eigenvalue weighted by Crippen LogP contribution is 2.33. The van der Waals surface area contributed by atoms with E-state index in [1.54, 1.807) is 19.1 Å². The van der Waals surface area contributed by atoms with Gasteiger partial charge in [0, 0.05) is 23.4 Å². The number of carbonyl (C=O) groups excluding carboxylic acids is 2. The molecule has 0 bridgehead atoms. The summed E-state index contributed by atoms with van der Waals surface area (Å²) < 4.78 is 0. The van der Waals surface area contributed by atoms with E-state index in [1.807, 2.05) is 25.1 Å². The lowest BCUT2D eigenvalue weighted by Gasteiger charge is -2.07. The number of amides is 2. The van der Waals surface area contributed by atoms with Crippen LogP contribution in [0.1, 0.15) is 36.7 Å². The third kappa shape index (κ3) is 4.19. The maximum absolute atomic E-state index is 12.7. The van der Waals surface area contributed by atoms with Crippen molar-refractivity contribution < 1.29 is 14.5 Å². The monoisotopic (exact) mass is 420 g/mol. The second kappa shape index (κ2) is 8.55. The fourth-order valence-electron chi connectivity index (χ4n) is 2.78. The molecule has 0 atom stereocenters. The van der Waals surface area contributed by atoms with E-state index in [4.69, 9.17) is 0 Å². The topological polar surface area (TPSA) is 125 Å². The average Bonchev–Trinajstić information content (AvgIpc) is 3.04. The van der Waals surface area contributed by atoms with Crippen LogP contribution in [0.3, 0.4) is 0 Å². The molecule has 0 unspecified atom stereocenters. The zero-order chi connectivity index (χ0) is 21.8. The van der Waals surface area contributed by atoms with Crippen LogP contribution < -0.4 is 10.6 Å². The van der Waals surface area contributed by atoms with Crippen LogP contribution in [0.15, 0.2) is 48.5 Å². The summed E-state index contributed by atoms with van der Waals surface area (Å²) in [4.78, 5) is 35.9. The van der Waals surface area contributed by atoms with E-state index in [-0.39, 0.29) is 27.7 Å². The predicted molar refractivity (Wildman–Crippen MR) is 114 cm³/mol. The van der Waals surface area contributed by atoms with Gasteiger partial charge in [-0.2, -0.15) is 5.26 Å². The zero-order valence-electron chi connectivity index (χ0n) is 16.1. The number of non-ortho nitro benzene ring substituents is 1. The standard InChI is InChI=1S/C21H16N4O4S/c1-12-6-3-4-9-17(12)23-20(27)18-13(2)16(11-22)21(30-18)24-19(26)14-7-5-8-15(10-14)25(28)29/h3-10H,1-2H3,(H,23,27)(H,24,26). The summed E-state index contributed by atoms with van der Waals surface area (Å²) in [6.45, 7) is 3.49. The second-order valence-electron chi connectivity index (χ2n) is 6.40. The van der Waals surface area contributed by atoms with E-state index < -0.39 is 10.8 Å². The molecule has 0 radical (unpaired) electrons. The molecule has 150 valence electrons. The smallest absolute Gasteiger partial charge is 0.270 e. The third-order valence-electron chi connectivity index (χ3n) is 4.40. The first kappa shape index (κ1) is 20.7. The van der Waals surface area contributed by atoms with E-state index in [0.717, 1.165) is 23.0 Å². The van der Waals surface area contributed by atoms with Crippen molar-refractivity contribution in [2.24, 2.45) is 0 Å². The van der Waals surface area contributed by atoms with E-state index in [1.165, 1.54) is 18.2 Å². The number of nitrogens with zero attached hydrogens (tertiary/aromatic N) is 2. The van der Waals surface area contributed by atoms with Crippen LogP contribution in [-0.4, -0.2) is 16.7 Å². The number of thiophene rings is 1. The second-order valence-corrected chi connectivity index (χ2v) is 7.42. The van der Waals surface area contributed by atoms with Crippen molar-refractivity contribution in [2.45, 2.75) is 13.8 Å². The lowest BCUT2D eigenvalue weighted by atomic mass is 10.1. The fraction of sp³-hybridized carbons (Fsp3) is 0.0952. The lowest BCUT2D eigenvalue weighted by Crippen LogP contribution is -2.12. The molecule has 2 N–H and O–H groups in total. The number of rotatable bonds is 5.